The molecular formula is C19H14O5. The molecule has 0 aliphatic rings. The smallest absolute Gasteiger partial charge is 0.351 e. The van der Waals surface area contributed by atoms with Gasteiger partial charge in [-0.15, -0.1) is 0 Å². The van der Waals surface area contributed by atoms with Crippen LogP contribution in [-0.2, 0) is 4.74 Å². The summed E-state index contributed by atoms with van der Waals surface area (Å²) < 4.78 is 10.1. The molecule has 0 unspecified atom stereocenters. The lowest BCUT2D eigenvalue weighted by Crippen LogP contribution is -2.22. The SMILES string of the molecule is CCOC(=O)c1c(C(=O)c2ccccc2)c2ccccc2oc1=O. The number of carbonyl (C=O) groups excluding carboxylic acids is 2. The maximum absolute atomic E-state index is 13.0. The van der Waals surface area contributed by atoms with Crippen LogP contribution in [-0.4, -0.2) is 18.4 Å². The molecule has 0 N–H and O–H groups in total. The van der Waals surface area contributed by atoms with Crippen LogP contribution in [0.1, 0.15) is 33.2 Å². The minimum Gasteiger partial charge on any atom is -0.462 e. The number of para-hydroxylation sites is 1. The Kier molecular flexibility index (Phi) is 4.24. The third kappa shape index (κ3) is 2.72. The number of ketones is 1. The summed E-state index contributed by atoms with van der Waals surface area (Å²) in [4.78, 5) is 37.5. The van der Waals surface area contributed by atoms with Gasteiger partial charge in [0.2, 0.25) is 0 Å². The van der Waals surface area contributed by atoms with Crippen molar-refractivity contribution in [3.05, 3.63) is 81.7 Å². The number of fused-ring (bicyclic) bond motifs is 1. The first kappa shape index (κ1) is 15.7. The van der Waals surface area contributed by atoms with Crippen molar-refractivity contribution in [2.75, 3.05) is 6.61 Å². The van der Waals surface area contributed by atoms with Crippen LogP contribution < -0.4 is 5.63 Å². The van der Waals surface area contributed by atoms with Crippen LogP contribution >= 0.6 is 0 Å². The van der Waals surface area contributed by atoms with Gasteiger partial charge in [0.25, 0.3) is 0 Å². The second-order valence-electron chi connectivity index (χ2n) is 5.05. The first-order valence-corrected chi connectivity index (χ1v) is 7.46. The number of esters is 1. The molecule has 1 heterocycles. The van der Waals surface area contributed by atoms with E-state index in [1.165, 1.54) is 0 Å². The van der Waals surface area contributed by atoms with Gasteiger partial charge < -0.3 is 9.15 Å². The third-order valence-corrected chi connectivity index (χ3v) is 3.56. The number of rotatable bonds is 4. The Morgan fingerprint density at radius 3 is 2.33 bits per heavy atom. The molecule has 0 saturated heterocycles. The van der Waals surface area contributed by atoms with Crippen molar-refractivity contribution in [1.29, 1.82) is 0 Å². The second-order valence-corrected chi connectivity index (χ2v) is 5.05. The zero-order valence-corrected chi connectivity index (χ0v) is 12.9. The molecule has 3 rings (SSSR count). The van der Waals surface area contributed by atoms with E-state index in [-0.39, 0.29) is 23.3 Å². The molecule has 0 atom stereocenters. The molecule has 0 bridgehead atoms. The Balaban J connectivity index is 2.34. The van der Waals surface area contributed by atoms with Crippen LogP contribution in [0.5, 0.6) is 0 Å². The number of benzene rings is 2. The molecule has 0 spiro atoms. The van der Waals surface area contributed by atoms with Crippen molar-refractivity contribution in [3.8, 4) is 0 Å². The largest absolute Gasteiger partial charge is 0.462 e. The molecule has 0 aliphatic heterocycles. The van der Waals surface area contributed by atoms with Crippen LogP contribution in [0.25, 0.3) is 11.0 Å². The lowest BCUT2D eigenvalue weighted by atomic mass is 9.96. The third-order valence-electron chi connectivity index (χ3n) is 3.56. The average molecular weight is 322 g/mol. The highest BCUT2D eigenvalue weighted by atomic mass is 16.5. The fourth-order valence-electron chi connectivity index (χ4n) is 2.51. The standard InChI is InChI=1S/C19H14O5/c1-2-23-18(21)16-15(17(20)12-8-4-3-5-9-12)13-10-6-7-11-14(13)24-19(16)22/h3-11H,2H2,1H3. The fourth-order valence-corrected chi connectivity index (χ4v) is 2.51. The van der Waals surface area contributed by atoms with Crippen LogP contribution in [0.2, 0.25) is 0 Å². The molecule has 0 aliphatic carbocycles. The van der Waals surface area contributed by atoms with E-state index < -0.39 is 17.4 Å². The second kappa shape index (κ2) is 6.50. The fraction of sp³-hybridized carbons (Fsp3) is 0.105. The van der Waals surface area contributed by atoms with Crippen molar-refractivity contribution in [2.45, 2.75) is 6.92 Å². The van der Waals surface area contributed by atoms with E-state index in [9.17, 15) is 14.4 Å². The van der Waals surface area contributed by atoms with Gasteiger partial charge in [0, 0.05) is 10.9 Å². The Hall–Kier alpha value is -3.21. The molecular weight excluding hydrogens is 308 g/mol. The molecule has 1 aromatic heterocycles. The van der Waals surface area contributed by atoms with Gasteiger partial charge in [0.15, 0.2) is 11.3 Å². The lowest BCUT2D eigenvalue weighted by molar-refractivity contribution is 0.0519. The Labute approximate surface area is 137 Å². The summed E-state index contributed by atoms with van der Waals surface area (Å²) in [6.45, 7) is 1.71. The Morgan fingerprint density at radius 1 is 0.958 bits per heavy atom. The van der Waals surface area contributed by atoms with Crippen LogP contribution in [0.4, 0.5) is 0 Å². The first-order chi connectivity index (χ1) is 11.6. The summed E-state index contributed by atoms with van der Waals surface area (Å²) in [6, 6.07) is 15.1. The van der Waals surface area contributed by atoms with E-state index in [0.717, 1.165) is 0 Å². The van der Waals surface area contributed by atoms with Gasteiger partial charge in [-0.1, -0.05) is 48.5 Å². The van der Waals surface area contributed by atoms with Crippen LogP contribution in [0.3, 0.4) is 0 Å². The van der Waals surface area contributed by atoms with E-state index in [1.807, 2.05) is 0 Å². The summed E-state index contributed by atoms with van der Waals surface area (Å²) >= 11 is 0. The lowest BCUT2D eigenvalue weighted by Gasteiger charge is -2.10. The summed E-state index contributed by atoms with van der Waals surface area (Å²) in [7, 11) is 0. The molecule has 5 nitrogen and oxygen atoms in total. The van der Waals surface area contributed by atoms with Gasteiger partial charge in [-0.05, 0) is 13.0 Å². The minimum atomic E-state index is -0.883. The zero-order chi connectivity index (χ0) is 17.1. The van der Waals surface area contributed by atoms with Crippen molar-refractivity contribution >= 4 is 22.7 Å². The van der Waals surface area contributed by atoms with E-state index in [4.69, 9.17) is 9.15 Å². The minimum absolute atomic E-state index is 0.00602. The topological polar surface area (TPSA) is 73.6 Å². The predicted octanol–water partition coefficient (Wildman–Crippen LogP) is 3.20. The highest BCUT2D eigenvalue weighted by Gasteiger charge is 2.27. The zero-order valence-electron chi connectivity index (χ0n) is 12.9. The van der Waals surface area contributed by atoms with Gasteiger partial charge in [-0.2, -0.15) is 0 Å². The quantitative estimate of drug-likeness (QED) is 0.419. The first-order valence-electron chi connectivity index (χ1n) is 7.46. The van der Waals surface area contributed by atoms with Crippen molar-refractivity contribution in [2.24, 2.45) is 0 Å². The van der Waals surface area contributed by atoms with Gasteiger partial charge in [0.05, 0.1) is 12.2 Å². The molecule has 5 heteroatoms. The normalized spacial score (nSPS) is 10.5. The summed E-state index contributed by atoms with van der Waals surface area (Å²) in [5, 5.41) is 0.397. The molecule has 0 amide bonds. The monoisotopic (exact) mass is 322 g/mol. The van der Waals surface area contributed by atoms with E-state index in [2.05, 4.69) is 0 Å². The van der Waals surface area contributed by atoms with Gasteiger partial charge in [-0.25, -0.2) is 9.59 Å². The molecule has 3 aromatic rings. The maximum atomic E-state index is 13.0. The number of carbonyl (C=O) groups is 2. The van der Waals surface area contributed by atoms with E-state index in [1.54, 1.807) is 61.5 Å². The number of hydrogen-bond acceptors (Lipinski definition) is 5. The van der Waals surface area contributed by atoms with Gasteiger partial charge in [0.1, 0.15) is 5.58 Å². The van der Waals surface area contributed by atoms with E-state index in [0.29, 0.717) is 10.9 Å². The highest BCUT2D eigenvalue weighted by molar-refractivity contribution is 6.20. The highest BCUT2D eigenvalue weighted by Crippen LogP contribution is 2.23. The maximum Gasteiger partial charge on any atom is 0.351 e. The number of ether oxygens (including phenoxy) is 1. The van der Waals surface area contributed by atoms with E-state index >= 15 is 0 Å². The summed E-state index contributed by atoms with van der Waals surface area (Å²) in [6.07, 6.45) is 0. The van der Waals surface area contributed by atoms with Crippen molar-refractivity contribution in [3.63, 3.8) is 0 Å². The van der Waals surface area contributed by atoms with Gasteiger partial charge in [-0.3, -0.25) is 4.79 Å². The van der Waals surface area contributed by atoms with Crippen LogP contribution in [0, 0.1) is 0 Å². The molecule has 24 heavy (non-hydrogen) atoms. The Morgan fingerprint density at radius 2 is 1.62 bits per heavy atom. The van der Waals surface area contributed by atoms with Crippen molar-refractivity contribution in [1.82, 2.24) is 0 Å². The Bertz CT molecular complexity index is 970. The molecule has 0 fully saturated rings. The number of hydrogen-bond donors (Lipinski definition) is 0. The summed E-state index contributed by atoms with van der Waals surface area (Å²) in [5.41, 5.74) is -0.629. The average Bonchev–Trinajstić information content (AvgIpc) is 2.60. The summed E-state index contributed by atoms with van der Waals surface area (Å²) in [5.74, 6) is -1.29. The molecule has 0 saturated carbocycles. The molecule has 120 valence electrons. The van der Waals surface area contributed by atoms with Crippen molar-refractivity contribution < 1.29 is 18.7 Å². The van der Waals surface area contributed by atoms with Crippen LogP contribution in [0.15, 0.2) is 63.8 Å². The molecule has 2 aromatic carbocycles. The molecule has 0 radical (unpaired) electrons. The predicted molar refractivity (Wildman–Crippen MR) is 88.3 cm³/mol. The van der Waals surface area contributed by atoms with Gasteiger partial charge >= 0.3 is 11.6 Å².